The average molecular weight is 298 g/mol. The van der Waals surface area contributed by atoms with Crippen LogP contribution in [0.5, 0.6) is 0 Å². The lowest BCUT2D eigenvalue weighted by Crippen LogP contribution is -2.15. The van der Waals surface area contributed by atoms with E-state index in [0.29, 0.717) is 22.1 Å². The van der Waals surface area contributed by atoms with Crippen LogP contribution < -0.4 is 11.1 Å². The van der Waals surface area contributed by atoms with Gasteiger partial charge in [-0.15, -0.1) is 0 Å². The molecule has 5 heteroatoms. The quantitative estimate of drug-likeness (QED) is 0.708. The number of anilines is 2. The minimum absolute atomic E-state index is 0.316. The van der Waals surface area contributed by atoms with Crippen molar-refractivity contribution in [3.05, 3.63) is 65.3 Å². The highest BCUT2D eigenvalue weighted by molar-refractivity contribution is 6.33. The topological polar surface area (TPSA) is 68.0 Å². The molecule has 0 unspecified atom stereocenters. The molecule has 0 aliphatic carbocycles. The molecule has 2 aromatic carbocycles. The number of pyridine rings is 1. The van der Waals surface area contributed by atoms with Gasteiger partial charge in [-0.3, -0.25) is 4.79 Å². The van der Waals surface area contributed by atoms with E-state index in [9.17, 15) is 4.79 Å². The van der Waals surface area contributed by atoms with Gasteiger partial charge in [-0.05, 0) is 35.0 Å². The number of nitrogens with zero attached hydrogens (tertiary/aromatic N) is 1. The number of amides is 1. The second kappa shape index (κ2) is 5.42. The van der Waals surface area contributed by atoms with Crippen molar-refractivity contribution in [3.63, 3.8) is 0 Å². The number of nitrogens with two attached hydrogens (primary N) is 1. The third-order valence-corrected chi connectivity index (χ3v) is 3.46. The smallest absolute Gasteiger partial charge is 0.258 e. The Kier molecular flexibility index (Phi) is 3.46. The average Bonchev–Trinajstić information content (AvgIpc) is 2.49. The largest absolute Gasteiger partial charge is 0.398 e. The summed E-state index contributed by atoms with van der Waals surface area (Å²) in [5, 5.41) is 4.99. The predicted molar refractivity (Wildman–Crippen MR) is 85.6 cm³/mol. The van der Waals surface area contributed by atoms with Crippen molar-refractivity contribution in [2.24, 2.45) is 0 Å². The summed E-state index contributed by atoms with van der Waals surface area (Å²) in [7, 11) is 0. The Morgan fingerprint density at radius 3 is 2.52 bits per heavy atom. The zero-order valence-corrected chi connectivity index (χ0v) is 11.8. The molecule has 0 saturated carbocycles. The first-order valence-corrected chi connectivity index (χ1v) is 6.73. The highest BCUT2D eigenvalue weighted by atomic mass is 35.5. The predicted octanol–water partition coefficient (Wildman–Crippen LogP) is 3.72. The van der Waals surface area contributed by atoms with E-state index >= 15 is 0 Å². The summed E-state index contributed by atoms with van der Waals surface area (Å²) in [5.74, 6) is -0.0180. The molecule has 0 fully saturated rings. The molecule has 0 bridgehead atoms. The summed E-state index contributed by atoms with van der Waals surface area (Å²) in [5.41, 5.74) is 6.78. The number of carbonyl (C=O) groups excluding carboxylic acids is 1. The van der Waals surface area contributed by atoms with Crippen LogP contribution in [0.1, 0.15) is 10.4 Å². The molecule has 3 rings (SSSR count). The minimum atomic E-state index is -0.334. The van der Waals surface area contributed by atoms with Gasteiger partial charge in [0.2, 0.25) is 0 Å². The molecule has 0 atom stereocenters. The number of halogens is 1. The number of fused-ring (bicyclic) bond motifs is 1. The number of benzene rings is 2. The van der Waals surface area contributed by atoms with Crippen molar-refractivity contribution in [1.82, 2.24) is 4.98 Å². The standard InChI is InChI=1S/C16H12ClN3O/c17-13-6-3-7-19-15(13)20-16(21)12-8-10-4-1-2-5-11(10)9-14(12)18/h1-9H,18H2,(H,19,20,21). The Morgan fingerprint density at radius 1 is 1.10 bits per heavy atom. The summed E-state index contributed by atoms with van der Waals surface area (Å²) < 4.78 is 0. The number of aromatic nitrogens is 1. The number of carbonyl (C=O) groups is 1. The van der Waals surface area contributed by atoms with Crippen LogP contribution in [-0.2, 0) is 0 Å². The fourth-order valence-corrected chi connectivity index (χ4v) is 2.28. The third kappa shape index (κ3) is 2.66. The van der Waals surface area contributed by atoms with Crippen LogP contribution in [-0.4, -0.2) is 10.9 Å². The molecule has 0 aliphatic rings. The molecular formula is C16H12ClN3O. The third-order valence-electron chi connectivity index (χ3n) is 3.15. The summed E-state index contributed by atoms with van der Waals surface area (Å²) >= 11 is 5.98. The lowest BCUT2D eigenvalue weighted by Gasteiger charge is -2.09. The Labute approximate surface area is 126 Å². The molecule has 3 aromatic rings. The van der Waals surface area contributed by atoms with E-state index in [0.717, 1.165) is 10.8 Å². The zero-order valence-electron chi connectivity index (χ0n) is 11.0. The molecule has 0 aliphatic heterocycles. The molecule has 21 heavy (non-hydrogen) atoms. The van der Waals surface area contributed by atoms with E-state index in [-0.39, 0.29) is 5.91 Å². The highest BCUT2D eigenvalue weighted by Gasteiger charge is 2.13. The fraction of sp³-hybridized carbons (Fsp3) is 0. The lowest BCUT2D eigenvalue weighted by molar-refractivity contribution is 0.102. The molecule has 0 spiro atoms. The second-order valence-corrected chi connectivity index (χ2v) is 4.98. The molecule has 1 aromatic heterocycles. The van der Waals surface area contributed by atoms with Gasteiger partial charge in [-0.2, -0.15) is 0 Å². The van der Waals surface area contributed by atoms with E-state index in [1.165, 1.54) is 0 Å². The first-order valence-electron chi connectivity index (χ1n) is 6.35. The van der Waals surface area contributed by atoms with Crippen LogP contribution in [0, 0.1) is 0 Å². The van der Waals surface area contributed by atoms with Crippen molar-refractivity contribution >= 4 is 39.8 Å². The number of hydrogen-bond acceptors (Lipinski definition) is 3. The number of nitrogens with one attached hydrogen (secondary N) is 1. The molecule has 1 amide bonds. The highest BCUT2D eigenvalue weighted by Crippen LogP contribution is 2.24. The summed E-state index contributed by atoms with van der Waals surface area (Å²) in [6.45, 7) is 0. The van der Waals surface area contributed by atoms with Gasteiger partial charge in [0.05, 0.1) is 10.6 Å². The van der Waals surface area contributed by atoms with Crippen molar-refractivity contribution in [2.75, 3.05) is 11.1 Å². The van der Waals surface area contributed by atoms with E-state index in [2.05, 4.69) is 10.3 Å². The number of rotatable bonds is 2. The van der Waals surface area contributed by atoms with E-state index in [1.54, 1.807) is 30.5 Å². The maximum Gasteiger partial charge on any atom is 0.258 e. The van der Waals surface area contributed by atoms with Crippen LogP contribution in [0.4, 0.5) is 11.5 Å². The van der Waals surface area contributed by atoms with Gasteiger partial charge >= 0.3 is 0 Å². The molecule has 0 saturated heterocycles. The molecule has 4 nitrogen and oxygen atoms in total. The molecule has 1 heterocycles. The Balaban J connectivity index is 1.98. The lowest BCUT2D eigenvalue weighted by atomic mass is 10.0. The molecular weight excluding hydrogens is 286 g/mol. The first-order chi connectivity index (χ1) is 10.1. The van der Waals surface area contributed by atoms with Crippen molar-refractivity contribution in [1.29, 1.82) is 0 Å². The molecule has 104 valence electrons. The Morgan fingerprint density at radius 2 is 1.81 bits per heavy atom. The van der Waals surface area contributed by atoms with Gasteiger partial charge in [0.15, 0.2) is 5.82 Å². The van der Waals surface area contributed by atoms with Crippen molar-refractivity contribution in [3.8, 4) is 0 Å². The fourth-order valence-electron chi connectivity index (χ4n) is 2.11. The second-order valence-electron chi connectivity index (χ2n) is 4.57. The minimum Gasteiger partial charge on any atom is -0.398 e. The van der Waals surface area contributed by atoms with Crippen molar-refractivity contribution in [2.45, 2.75) is 0 Å². The summed E-state index contributed by atoms with van der Waals surface area (Å²) in [6.07, 6.45) is 1.56. The monoisotopic (exact) mass is 297 g/mol. The normalized spacial score (nSPS) is 10.5. The van der Waals surface area contributed by atoms with Crippen LogP contribution in [0.15, 0.2) is 54.7 Å². The Bertz CT molecular complexity index is 833. The van der Waals surface area contributed by atoms with Gasteiger partial charge < -0.3 is 11.1 Å². The number of nitrogen functional groups attached to an aromatic ring is 1. The molecule has 3 N–H and O–H groups in total. The van der Waals surface area contributed by atoms with Gasteiger partial charge in [0.1, 0.15) is 0 Å². The van der Waals surface area contributed by atoms with Gasteiger partial charge in [-0.1, -0.05) is 35.9 Å². The van der Waals surface area contributed by atoms with E-state index in [1.807, 2.05) is 24.3 Å². The van der Waals surface area contributed by atoms with Gasteiger partial charge in [-0.25, -0.2) is 4.98 Å². The van der Waals surface area contributed by atoms with E-state index in [4.69, 9.17) is 17.3 Å². The SMILES string of the molecule is Nc1cc2ccccc2cc1C(=O)Nc1ncccc1Cl. The van der Waals surface area contributed by atoms with E-state index < -0.39 is 0 Å². The van der Waals surface area contributed by atoms with Crippen LogP contribution in [0.2, 0.25) is 5.02 Å². The van der Waals surface area contributed by atoms with Crippen molar-refractivity contribution < 1.29 is 4.79 Å². The van der Waals surface area contributed by atoms with Gasteiger partial charge in [0, 0.05) is 11.9 Å². The molecule has 0 radical (unpaired) electrons. The van der Waals surface area contributed by atoms with Crippen LogP contribution >= 0.6 is 11.6 Å². The Hall–Kier alpha value is -2.59. The first kappa shape index (κ1) is 13.4. The maximum absolute atomic E-state index is 12.3. The summed E-state index contributed by atoms with van der Waals surface area (Å²) in [4.78, 5) is 16.4. The van der Waals surface area contributed by atoms with Crippen LogP contribution in [0.3, 0.4) is 0 Å². The summed E-state index contributed by atoms with van der Waals surface area (Å²) in [6, 6.07) is 14.6. The maximum atomic E-state index is 12.3. The van der Waals surface area contributed by atoms with Gasteiger partial charge in [0.25, 0.3) is 5.91 Å². The zero-order chi connectivity index (χ0) is 14.8. The number of hydrogen-bond donors (Lipinski definition) is 2. The van der Waals surface area contributed by atoms with Crippen LogP contribution in [0.25, 0.3) is 10.8 Å².